The Labute approximate surface area is 114 Å². The first-order valence-corrected chi connectivity index (χ1v) is 5.95. The van der Waals surface area contributed by atoms with E-state index in [1.165, 1.54) is 7.11 Å². The monoisotopic (exact) mass is 291 g/mol. The highest BCUT2D eigenvalue weighted by atomic mass is 19.4. The number of methoxy groups -OCH3 is 1. The van der Waals surface area contributed by atoms with Gasteiger partial charge in [-0.15, -0.1) is 0 Å². The molecule has 0 aliphatic carbocycles. The van der Waals surface area contributed by atoms with Gasteiger partial charge in [-0.1, -0.05) is 12.1 Å². The van der Waals surface area contributed by atoms with E-state index in [0.717, 1.165) is 0 Å². The quantitative estimate of drug-likeness (QED) is 0.497. The number of carbonyl (C=O) groups is 1. The fraction of sp³-hybridized carbons (Fsp3) is 0.462. The molecule has 0 atom stereocenters. The zero-order valence-corrected chi connectivity index (χ0v) is 11.0. The summed E-state index contributed by atoms with van der Waals surface area (Å²) >= 11 is 0. The third-order valence-electron chi connectivity index (χ3n) is 2.58. The second-order valence-electron chi connectivity index (χ2n) is 4.14. The van der Waals surface area contributed by atoms with Crippen LogP contribution in [-0.4, -0.2) is 25.9 Å². The smallest absolute Gasteiger partial charge is 0.389 e. The molecule has 112 valence electrons. The van der Waals surface area contributed by atoms with Crippen LogP contribution >= 0.6 is 0 Å². The number of benzene rings is 1. The zero-order valence-electron chi connectivity index (χ0n) is 11.0. The highest BCUT2D eigenvalue weighted by Gasteiger charge is 2.26. The Kier molecular flexibility index (Phi) is 5.82. The summed E-state index contributed by atoms with van der Waals surface area (Å²) in [6, 6.07) is 4.79. The minimum Gasteiger partial charge on any atom is -0.465 e. The number of carbonyl (C=O) groups excluding carboxylic acids is 1. The number of ether oxygens (including phenoxy) is 2. The summed E-state index contributed by atoms with van der Waals surface area (Å²) in [6.07, 6.45) is -5.20. The van der Waals surface area contributed by atoms with Crippen LogP contribution in [0.3, 0.4) is 0 Å². The van der Waals surface area contributed by atoms with Crippen molar-refractivity contribution in [2.45, 2.75) is 25.6 Å². The molecule has 20 heavy (non-hydrogen) atoms. The van der Waals surface area contributed by atoms with E-state index in [1.54, 1.807) is 18.2 Å². The summed E-state index contributed by atoms with van der Waals surface area (Å²) in [5.41, 5.74) is 6.60. The van der Waals surface area contributed by atoms with E-state index in [9.17, 15) is 18.0 Å². The van der Waals surface area contributed by atoms with Crippen LogP contribution < -0.4 is 5.73 Å². The number of esters is 1. The van der Waals surface area contributed by atoms with Gasteiger partial charge in [0.25, 0.3) is 0 Å². The maximum atomic E-state index is 11.9. The lowest BCUT2D eigenvalue weighted by Crippen LogP contribution is -2.11. The third kappa shape index (κ3) is 5.08. The van der Waals surface area contributed by atoms with Crippen LogP contribution in [0.2, 0.25) is 0 Å². The first kappa shape index (κ1) is 16.3. The van der Waals surface area contributed by atoms with Crippen LogP contribution in [-0.2, 0) is 16.1 Å². The second-order valence-corrected chi connectivity index (χ2v) is 4.14. The van der Waals surface area contributed by atoms with E-state index in [1.807, 2.05) is 0 Å². The number of hydrogen-bond acceptors (Lipinski definition) is 4. The van der Waals surface area contributed by atoms with Crippen LogP contribution in [0.4, 0.5) is 18.9 Å². The number of nitrogen functional groups attached to an aromatic ring is 1. The standard InChI is InChI=1S/C13H16F3NO3/c1-19-12(18)11-9(4-2-5-10(11)17)8-20-7-3-6-13(14,15)16/h2,4-5H,3,6-8,17H2,1H3. The van der Waals surface area contributed by atoms with Crippen molar-refractivity contribution in [1.29, 1.82) is 0 Å². The first-order valence-electron chi connectivity index (χ1n) is 5.95. The number of alkyl halides is 3. The van der Waals surface area contributed by atoms with Crippen molar-refractivity contribution in [1.82, 2.24) is 0 Å². The fourth-order valence-corrected chi connectivity index (χ4v) is 1.65. The molecule has 1 rings (SSSR count). The summed E-state index contributed by atoms with van der Waals surface area (Å²) < 4.78 is 45.6. The topological polar surface area (TPSA) is 61.5 Å². The van der Waals surface area contributed by atoms with Crippen molar-refractivity contribution >= 4 is 11.7 Å². The minimum atomic E-state index is -4.18. The van der Waals surface area contributed by atoms with Gasteiger partial charge in [-0.05, 0) is 18.1 Å². The first-order chi connectivity index (χ1) is 9.35. The summed E-state index contributed by atoms with van der Waals surface area (Å²) in [5.74, 6) is -0.600. The summed E-state index contributed by atoms with van der Waals surface area (Å²) in [6.45, 7) is -0.0394. The molecule has 0 aliphatic rings. The van der Waals surface area contributed by atoms with Gasteiger partial charge >= 0.3 is 12.1 Å². The van der Waals surface area contributed by atoms with Gasteiger partial charge in [0.15, 0.2) is 0 Å². The lowest BCUT2D eigenvalue weighted by atomic mass is 10.1. The molecule has 0 fully saturated rings. The molecule has 7 heteroatoms. The van der Waals surface area contributed by atoms with Gasteiger partial charge in [-0.2, -0.15) is 13.2 Å². The van der Waals surface area contributed by atoms with Gasteiger partial charge < -0.3 is 15.2 Å². The predicted octanol–water partition coefficient (Wildman–Crippen LogP) is 2.91. The molecule has 1 aromatic carbocycles. The zero-order chi connectivity index (χ0) is 15.2. The molecule has 0 heterocycles. The van der Waals surface area contributed by atoms with Gasteiger partial charge in [0.2, 0.25) is 0 Å². The third-order valence-corrected chi connectivity index (χ3v) is 2.58. The maximum Gasteiger partial charge on any atom is 0.389 e. The summed E-state index contributed by atoms with van der Waals surface area (Å²) in [7, 11) is 1.22. The Hall–Kier alpha value is -1.76. The largest absolute Gasteiger partial charge is 0.465 e. The average Bonchev–Trinajstić information content (AvgIpc) is 2.36. The van der Waals surface area contributed by atoms with Crippen molar-refractivity contribution in [3.63, 3.8) is 0 Å². The lowest BCUT2D eigenvalue weighted by Gasteiger charge is -2.11. The normalized spacial score (nSPS) is 11.4. The number of anilines is 1. The molecule has 0 bridgehead atoms. The van der Waals surface area contributed by atoms with Gasteiger partial charge in [-0.25, -0.2) is 4.79 Å². The molecule has 1 aromatic rings. The van der Waals surface area contributed by atoms with Crippen molar-refractivity contribution in [3.8, 4) is 0 Å². The Morgan fingerprint density at radius 3 is 2.65 bits per heavy atom. The number of nitrogens with two attached hydrogens (primary N) is 1. The van der Waals surface area contributed by atoms with E-state index in [2.05, 4.69) is 4.74 Å². The Bertz CT molecular complexity index is 461. The second kappa shape index (κ2) is 7.14. The minimum absolute atomic E-state index is 0.00727. The van der Waals surface area contributed by atoms with E-state index in [4.69, 9.17) is 10.5 Å². The maximum absolute atomic E-state index is 11.9. The van der Waals surface area contributed by atoms with Crippen molar-refractivity contribution in [3.05, 3.63) is 29.3 Å². The van der Waals surface area contributed by atoms with Crippen LogP contribution in [0.5, 0.6) is 0 Å². The molecule has 0 aliphatic heterocycles. The molecule has 0 aromatic heterocycles. The van der Waals surface area contributed by atoms with E-state index < -0.39 is 18.6 Å². The van der Waals surface area contributed by atoms with Crippen LogP contribution in [0.25, 0.3) is 0 Å². The summed E-state index contributed by atoms with van der Waals surface area (Å²) in [4.78, 5) is 11.6. The number of hydrogen-bond donors (Lipinski definition) is 1. The fourth-order valence-electron chi connectivity index (χ4n) is 1.65. The molecular weight excluding hydrogens is 275 g/mol. The number of rotatable bonds is 6. The molecule has 0 saturated heterocycles. The van der Waals surface area contributed by atoms with Crippen LogP contribution in [0.15, 0.2) is 18.2 Å². The molecule has 2 N–H and O–H groups in total. The van der Waals surface area contributed by atoms with Crippen molar-refractivity contribution < 1.29 is 27.4 Å². The van der Waals surface area contributed by atoms with E-state index in [0.29, 0.717) is 5.56 Å². The van der Waals surface area contributed by atoms with E-state index >= 15 is 0 Å². The SMILES string of the molecule is COC(=O)c1c(N)cccc1COCCCC(F)(F)F. The van der Waals surface area contributed by atoms with Gasteiger partial charge in [0, 0.05) is 18.7 Å². The Balaban J connectivity index is 2.56. The van der Waals surface area contributed by atoms with Gasteiger partial charge in [0.05, 0.1) is 19.3 Å². The highest BCUT2D eigenvalue weighted by Crippen LogP contribution is 2.22. The Morgan fingerprint density at radius 2 is 2.05 bits per heavy atom. The molecule has 0 amide bonds. The van der Waals surface area contributed by atoms with Crippen LogP contribution in [0.1, 0.15) is 28.8 Å². The lowest BCUT2D eigenvalue weighted by molar-refractivity contribution is -0.138. The van der Waals surface area contributed by atoms with Crippen molar-refractivity contribution in [2.75, 3.05) is 19.5 Å². The van der Waals surface area contributed by atoms with Gasteiger partial charge in [-0.3, -0.25) is 0 Å². The molecule has 0 saturated carbocycles. The molecule has 0 radical (unpaired) electrons. The molecular formula is C13H16F3NO3. The van der Waals surface area contributed by atoms with Gasteiger partial charge in [0.1, 0.15) is 0 Å². The molecule has 4 nitrogen and oxygen atoms in total. The summed E-state index contributed by atoms with van der Waals surface area (Å²) in [5, 5.41) is 0. The van der Waals surface area contributed by atoms with Crippen molar-refractivity contribution in [2.24, 2.45) is 0 Å². The molecule has 0 unspecified atom stereocenters. The average molecular weight is 291 g/mol. The highest BCUT2D eigenvalue weighted by molar-refractivity contribution is 5.96. The molecule has 0 spiro atoms. The van der Waals surface area contributed by atoms with Crippen LogP contribution in [0, 0.1) is 0 Å². The van der Waals surface area contributed by atoms with E-state index in [-0.39, 0.29) is 30.9 Å². The number of halogens is 3. The predicted molar refractivity (Wildman–Crippen MR) is 67.1 cm³/mol. The Morgan fingerprint density at radius 1 is 1.35 bits per heavy atom.